The van der Waals surface area contributed by atoms with Gasteiger partial charge in [0.1, 0.15) is 0 Å². The van der Waals surface area contributed by atoms with E-state index in [0.717, 1.165) is 16.3 Å². The van der Waals surface area contributed by atoms with Crippen molar-refractivity contribution >= 4 is 28.7 Å². The van der Waals surface area contributed by atoms with Gasteiger partial charge in [0.25, 0.3) is 0 Å². The molecule has 146 valence electrons. The molecule has 2 amide bonds. The third-order valence-corrected chi connectivity index (χ3v) is 4.88. The summed E-state index contributed by atoms with van der Waals surface area (Å²) in [7, 11) is 1.30. The predicted molar refractivity (Wildman–Crippen MR) is 104 cm³/mol. The van der Waals surface area contributed by atoms with Gasteiger partial charge in [0.05, 0.1) is 18.7 Å². The van der Waals surface area contributed by atoms with Crippen LogP contribution in [0.2, 0.25) is 0 Å². The van der Waals surface area contributed by atoms with Crippen LogP contribution in [-0.4, -0.2) is 41.6 Å². The topological polar surface area (TPSA) is 95.9 Å². The number of rotatable bonds is 6. The number of carboxylic acid groups (broad SMARTS) is 1. The third-order valence-electron chi connectivity index (χ3n) is 4.88. The van der Waals surface area contributed by atoms with Crippen LogP contribution in [0.15, 0.2) is 53.7 Å². The zero-order valence-corrected chi connectivity index (χ0v) is 15.8. The Labute approximate surface area is 162 Å². The highest BCUT2D eigenvalue weighted by Crippen LogP contribution is 2.32. The Balaban J connectivity index is 1.99. The molecule has 28 heavy (non-hydrogen) atoms. The highest BCUT2D eigenvalue weighted by atomic mass is 16.5. The molecular weight excluding hydrogens is 360 g/mol. The van der Waals surface area contributed by atoms with Crippen molar-refractivity contribution in [3.8, 4) is 0 Å². The molecule has 1 aliphatic rings. The number of urea groups is 1. The number of allylic oxidation sites excluding steroid dienone is 1. The fourth-order valence-electron chi connectivity index (χ4n) is 3.45. The molecule has 7 nitrogen and oxygen atoms in total. The fraction of sp³-hybridized carbons (Fsp3) is 0.286. The lowest BCUT2D eigenvalue weighted by Crippen LogP contribution is -2.48. The number of nitrogens with one attached hydrogen (secondary N) is 1. The molecule has 1 heterocycles. The lowest BCUT2D eigenvalue weighted by Gasteiger charge is -2.35. The summed E-state index contributed by atoms with van der Waals surface area (Å²) in [6.45, 7) is 1.88. The van der Waals surface area contributed by atoms with Crippen molar-refractivity contribution in [1.82, 2.24) is 10.2 Å². The number of carbonyl (C=O) groups excluding carboxylic acids is 2. The molecule has 2 N–H and O–H groups in total. The maximum absolute atomic E-state index is 12.7. The number of carbonyl (C=O) groups is 3. The Hall–Kier alpha value is -3.35. The molecule has 0 saturated heterocycles. The molecule has 0 aromatic heterocycles. The summed E-state index contributed by atoms with van der Waals surface area (Å²) in [4.78, 5) is 37.3. The SMILES string of the molecule is COC(=O)C1=C(C)N(CCCC(=O)O)C(=O)N[C@@H]1c1ccc2ccccc2c1. The lowest BCUT2D eigenvalue weighted by atomic mass is 9.93. The molecule has 0 saturated carbocycles. The number of fused-ring (bicyclic) bond motifs is 1. The molecule has 0 spiro atoms. The Kier molecular flexibility index (Phi) is 5.63. The highest BCUT2D eigenvalue weighted by Gasteiger charge is 2.36. The molecule has 2 aromatic rings. The Morgan fingerprint density at radius 1 is 1.18 bits per heavy atom. The van der Waals surface area contributed by atoms with Crippen molar-refractivity contribution in [2.24, 2.45) is 0 Å². The summed E-state index contributed by atoms with van der Waals surface area (Å²) >= 11 is 0. The maximum atomic E-state index is 12.7. The quantitative estimate of drug-likeness (QED) is 0.748. The Bertz CT molecular complexity index is 966. The summed E-state index contributed by atoms with van der Waals surface area (Å²) in [6, 6.07) is 12.6. The summed E-state index contributed by atoms with van der Waals surface area (Å²) in [5, 5.41) is 13.7. The van der Waals surface area contributed by atoms with Gasteiger partial charge in [-0.15, -0.1) is 0 Å². The van der Waals surface area contributed by atoms with Crippen molar-refractivity contribution in [3.63, 3.8) is 0 Å². The predicted octanol–water partition coefficient (Wildman–Crippen LogP) is 3.22. The number of carboxylic acids is 1. The van der Waals surface area contributed by atoms with Gasteiger partial charge in [-0.3, -0.25) is 9.69 Å². The zero-order chi connectivity index (χ0) is 20.3. The fourth-order valence-corrected chi connectivity index (χ4v) is 3.45. The lowest BCUT2D eigenvalue weighted by molar-refractivity contribution is -0.138. The molecule has 0 radical (unpaired) electrons. The second kappa shape index (κ2) is 8.12. The molecular formula is C21H22N2O5. The standard InChI is InChI=1S/C21H22N2O5/c1-13-18(20(26)28-2)19(22-21(27)23(13)11-5-8-17(24)25)16-10-9-14-6-3-4-7-15(14)12-16/h3-4,6-7,9-10,12,19H,5,8,11H2,1-2H3,(H,22,27)(H,24,25)/t19-/m1/s1. The molecule has 7 heteroatoms. The molecule has 2 aromatic carbocycles. The van der Waals surface area contributed by atoms with Gasteiger partial charge in [0.2, 0.25) is 0 Å². The third kappa shape index (κ3) is 3.83. The molecule has 0 bridgehead atoms. The van der Waals surface area contributed by atoms with E-state index in [9.17, 15) is 14.4 Å². The van der Waals surface area contributed by atoms with E-state index in [4.69, 9.17) is 9.84 Å². The van der Waals surface area contributed by atoms with Crippen LogP contribution >= 0.6 is 0 Å². The minimum Gasteiger partial charge on any atom is -0.481 e. The average Bonchev–Trinajstić information content (AvgIpc) is 2.69. The minimum absolute atomic E-state index is 0.0568. The number of benzene rings is 2. The average molecular weight is 382 g/mol. The highest BCUT2D eigenvalue weighted by molar-refractivity contribution is 5.95. The second-order valence-corrected chi connectivity index (χ2v) is 6.63. The van der Waals surface area contributed by atoms with E-state index in [1.165, 1.54) is 12.0 Å². The Morgan fingerprint density at radius 2 is 1.89 bits per heavy atom. The molecule has 3 rings (SSSR count). The van der Waals surface area contributed by atoms with Gasteiger partial charge < -0.3 is 15.2 Å². The van der Waals surface area contributed by atoms with Gasteiger partial charge in [-0.25, -0.2) is 9.59 Å². The van der Waals surface area contributed by atoms with E-state index in [2.05, 4.69) is 5.32 Å². The van der Waals surface area contributed by atoms with E-state index < -0.39 is 18.0 Å². The van der Waals surface area contributed by atoms with E-state index in [1.54, 1.807) is 6.92 Å². The first-order valence-electron chi connectivity index (χ1n) is 9.00. The number of methoxy groups -OCH3 is 1. The van der Waals surface area contributed by atoms with Gasteiger partial charge in [-0.2, -0.15) is 0 Å². The van der Waals surface area contributed by atoms with Crippen molar-refractivity contribution in [3.05, 3.63) is 59.3 Å². The van der Waals surface area contributed by atoms with Crippen LogP contribution in [0.4, 0.5) is 4.79 Å². The van der Waals surface area contributed by atoms with Crippen molar-refractivity contribution in [2.75, 3.05) is 13.7 Å². The smallest absolute Gasteiger partial charge is 0.337 e. The Morgan fingerprint density at radius 3 is 2.57 bits per heavy atom. The molecule has 0 aliphatic carbocycles. The van der Waals surface area contributed by atoms with Gasteiger partial charge >= 0.3 is 18.0 Å². The second-order valence-electron chi connectivity index (χ2n) is 6.63. The van der Waals surface area contributed by atoms with Crippen LogP contribution < -0.4 is 5.32 Å². The van der Waals surface area contributed by atoms with Gasteiger partial charge in [-0.05, 0) is 35.7 Å². The van der Waals surface area contributed by atoms with E-state index >= 15 is 0 Å². The number of aliphatic carboxylic acids is 1. The largest absolute Gasteiger partial charge is 0.481 e. The monoisotopic (exact) mass is 382 g/mol. The number of hydrogen-bond donors (Lipinski definition) is 2. The van der Waals surface area contributed by atoms with Gasteiger partial charge in [-0.1, -0.05) is 36.4 Å². The summed E-state index contributed by atoms with van der Waals surface area (Å²) in [5.74, 6) is -1.46. The van der Waals surface area contributed by atoms with Crippen LogP contribution in [0.3, 0.4) is 0 Å². The number of hydrogen-bond acceptors (Lipinski definition) is 4. The molecule has 1 aliphatic heterocycles. The molecule has 1 atom stereocenters. The molecule has 0 unspecified atom stereocenters. The van der Waals surface area contributed by atoms with Crippen LogP contribution in [0, 0.1) is 0 Å². The number of ether oxygens (including phenoxy) is 1. The van der Waals surface area contributed by atoms with Crippen molar-refractivity contribution < 1.29 is 24.2 Å². The first-order valence-corrected chi connectivity index (χ1v) is 9.00. The maximum Gasteiger partial charge on any atom is 0.337 e. The first-order chi connectivity index (χ1) is 13.4. The van der Waals surface area contributed by atoms with E-state index in [0.29, 0.717) is 11.3 Å². The zero-order valence-electron chi connectivity index (χ0n) is 15.8. The van der Waals surface area contributed by atoms with Crippen LogP contribution in [-0.2, 0) is 14.3 Å². The van der Waals surface area contributed by atoms with Crippen LogP contribution in [0.1, 0.15) is 31.4 Å². The van der Waals surface area contributed by atoms with Gasteiger partial charge in [0, 0.05) is 18.7 Å². The molecule has 0 fully saturated rings. The number of esters is 1. The number of amides is 2. The van der Waals surface area contributed by atoms with Crippen LogP contribution in [0.5, 0.6) is 0 Å². The van der Waals surface area contributed by atoms with Crippen molar-refractivity contribution in [1.29, 1.82) is 0 Å². The first kappa shape index (κ1) is 19.4. The summed E-state index contributed by atoms with van der Waals surface area (Å²) in [5.41, 5.74) is 1.59. The summed E-state index contributed by atoms with van der Waals surface area (Å²) in [6.07, 6.45) is 0.230. The van der Waals surface area contributed by atoms with Gasteiger partial charge in [0.15, 0.2) is 0 Å². The minimum atomic E-state index is -0.929. The van der Waals surface area contributed by atoms with Crippen molar-refractivity contribution in [2.45, 2.75) is 25.8 Å². The van der Waals surface area contributed by atoms with E-state index in [1.807, 2.05) is 42.5 Å². The summed E-state index contributed by atoms with van der Waals surface area (Å²) < 4.78 is 4.96. The number of nitrogens with zero attached hydrogens (tertiary/aromatic N) is 1. The normalized spacial score (nSPS) is 16.9. The van der Waals surface area contributed by atoms with E-state index in [-0.39, 0.29) is 25.4 Å². The van der Waals surface area contributed by atoms with Crippen LogP contribution in [0.25, 0.3) is 10.8 Å².